The molecule has 2 aliphatic heterocycles. The molecule has 2 heterocycles. The smallest absolute Gasteiger partial charge is 0.322 e. The average molecular weight is 346 g/mol. The van der Waals surface area contributed by atoms with Crippen LogP contribution in [0.15, 0.2) is 24.3 Å². The molecule has 2 saturated heterocycles. The fraction of sp³-hybridized carbons (Fsp3) is 0.632. The van der Waals surface area contributed by atoms with Crippen LogP contribution in [0.1, 0.15) is 19.8 Å². The fourth-order valence-corrected chi connectivity index (χ4v) is 3.82. The first-order chi connectivity index (χ1) is 12.2. The molecule has 1 N–H and O–H groups in total. The molecule has 1 aromatic rings. The number of para-hydroxylation sites is 2. The van der Waals surface area contributed by atoms with Crippen LogP contribution in [0.4, 0.5) is 16.2 Å². The minimum Gasteiger partial charge on any atom is -0.383 e. The van der Waals surface area contributed by atoms with E-state index < -0.39 is 0 Å². The van der Waals surface area contributed by atoms with Crippen LogP contribution in [-0.2, 0) is 4.74 Å². The monoisotopic (exact) mass is 346 g/mol. The first-order valence-corrected chi connectivity index (χ1v) is 9.35. The van der Waals surface area contributed by atoms with Crippen molar-refractivity contribution in [1.29, 1.82) is 0 Å². The summed E-state index contributed by atoms with van der Waals surface area (Å²) in [6.07, 6.45) is 2.06. The number of nitrogens with zero attached hydrogens (tertiary/aromatic N) is 3. The van der Waals surface area contributed by atoms with Crippen molar-refractivity contribution in [3.05, 3.63) is 24.3 Å². The highest BCUT2D eigenvalue weighted by atomic mass is 16.5. The number of hydrogen-bond acceptors (Lipinski definition) is 4. The Morgan fingerprint density at radius 2 is 1.96 bits per heavy atom. The van der Waals surface area contributed by atoms with E-state index in [1.54, 1.807) is 7.11 Å². The Morgan fingerprint density at radius 3 is 2.68 bits per heavy atom. The quantitative estimate of drug-likeness (QED) is 0.890. The summed E-state index contributed by atoms with van der Waals surface area (Å²) in [6, 6.07) is 8.30. The molecule has 0 aliphatic carbocycles. The molecule has 0 aromatic heterocycles. The van der Waals surface area contributed by atoms with Crippen LogP contribution >= 0.6 is 0 Å². The van der Waals surface area contributed by atoms with Gasteiger partial charge in [0.25, 0.3) is 0 Å². The zero-order chi connectivity index (χ0) is 17.6. The molecule has 0 bridgehead atoms. The zero-order valence-corrected chi connectivity index (χ0v) is 15.4. The number of carbonyl (C=O) groups is 1. The van der Waals surface area contributed by atoms with Crippen molar-refractivity contribution in [2.24, 2.45) is 0 Å². The zero-order valence-electron chi connectivity index (χ0n) is 15.4. The van der Waals surface area contributed by atoms with Gasteiger partial charge in [0.05, 0.1) is 24.0 Å². The van der Waals surface area contributed by atoms with Crippen LogP contribution in [0.3, 0.4) is 0 Å². The Kier molecular flexibility index (Phi) is 6.15. The van der Waals surface area contributed by atoms with Crippen molar-refractivity contribution in [1.82, 2.24) is 9.80 Å². The van der Waals surface area contributed by atoms with Gasteiger partial charge < -0.3 is 24.8 Å². The summed E-state index contributed by atoms with van der Waals surface area (Å²) in [5, 5.41) is 3.14. The van der Waals surface area contributed by atoms with E-state index in [4.69, 9.17) is 4.74 Å². The maximum absolute atomic E-state index is 12.8. The third kappa shape index (κ3) is 4.25. The van der Waals surface area contributed by atoms with Crippen molar-refractivity contribution in [2.45, 2.75) is 25.8 Å². The van der Waals surface area contributed by atoms with Crippen molar-refractivity contribution in [3.8, 4) is 0 Å². The number of carbonyl (C=O) groups excluding carboxylic acids is 1. The fourth-order valence-electron chi connectivity index (χ4n) is 3.82. The summed E-state index contributed by atoms with van der Waals surface area (Å²) in [7, 11) is 1.69. The van der Waals surface area contributed by atoms with Gasteiger partial charge in [0, 0.05) is 39.8 Å². The second kappa shape index (κ2) is 8.54. The molecule has 0 radical (unpaired) electrons. The molecule has 0 spiro atoms. The molecule has 2 aliphatic rings. The lowest BCUT2D eigenvalue weighted by atomic mass is 10.2. The molecular weight excluding hydrogens is 316 g/mol. The number of rotatable bonds is 5. The lowest BCUT2D eigenvalue weighted by Gasteiger charge is -2.36. The molecule has 3 rings (SSSR count). The first-order valence-electron chi connectivity index (χ1n) is 9.35. The summed E-state index contributed by atoms with van der Waals surface area (Å²) in [6.45, 7) is 8.85. The number of piperazine rings is 1. The van der Waals surface area contributed by atoms with Crippen molar-refractivity contribution >= 4 is 17.4 Å². The largest absolute Gasteiger partial charge is 0.383 e. The van der Waals surface area contributed by atoms with Gasteiger partial charge in [-0.1, -0.05) is 19.1 Å². The lowest BCUT2D eigenvalue weighted by molar-refractivity contribution is 0.128. The average Bonchev–Trinajstić information content (AvgIpc) is 3.11. The highest BCUT2D eigenvalue weighted by Crippen LogP contribution is 2.28. The van der Waals surface area contributed by atoms with E-state index in [2.05, 4.69) is 28.1 Å². The van der Waals surface area contributed by atoms with Gasteiger partial charge in [-0.25, -0.2) is 4.79 Å². The van der Waals surface area contributed by atoms with Crippen molar-refractivity contribution in [2.75, 3.05) is 63.2 Å². The van der Waals surface area contributed by atoms with Crippen molar-refractivity contribution in [3.63, 3.8) is 0 Å². The van der Waals surface area contributed by atoms with E-state index in [1.807, 2.05) is 23.1 Å². The Hall–Kier alpha value is -1.79. The number of likely N-dealkylation sites (N-methyl/N-ethyl adjacent to an activating group) is 1. The van der Waals surface area contributed by atoms with Crippen LogP contribution in [0, 0.1) is 0 Å². The Bertz CT molecular complexity index is 572. The Labute approximate surface area is 150 Å². The molecule has 1 atom stereocenters. The predicted octanol–water partition coefficient (Wildman–Crippen LogP) is 2.47. The normalized spacial score (nSPS) is 21.6. The van der Waals surface area contributed by atoms with Gasteiger partial charge in [-0.2, -0.15) is 0 Å². The van der Waals surface area contributed by atoms with E-state index in [1.165, 1.54) is 0 Å². The van der Waals surface area contributed by atoms with Gasteiger partial charge >= 0.3 is 6.03 Å². The van der Waals surface area contributed by atoms with Crippen LogP contribution in [-0.4, -0.2) is 74.9 Å². The summed E-state index contributed by atoms with van der Waals surface area (Å²) in [5.74, 6) is 0. The van der Waals surface area contributed by atoms with E-state index in [0.717, 1.165) is 63.5 Å². The van der Waals surface area contributed by atoms with Crippen molar-refractivity contribution < 1.29 is 9.53 Å². The van der Waals surface area contributed by atoms with Crippen LogP contribution in [0.5, 0.6) is 0 Å². The standard InChI is InChI=1S/C19H30N4O2/c1-3-21-11-13-22(14-12-21)18-9-5-4-8-17(18)20-19(24)23-10-6-7-16(23)15-25-2/h4-5,8-9,16H,3,6-7,10-15H2,1-2H3,(H,20,24). The number of hydrogen-bond donors (Lipinski definition) is 1. The molecular formula is C19H30N4O2. The lowest BCUT2D eigenvalue weighted by Crippen LogP contribution is -2.46. The molecule has 1 aromatic carbocycles. The first kappa shape index (κ1) is 18.0. The second-order valence-corrected chi connectivity index (χ2v) is 6.81. The maximum atomic E-state index is 12.8. The van der Waals surface area contributed by atoms with Gasteiger partial charge in [-0.3, -0.25) is 0 Å². The number of amides is 2. The Morgan fingerprint density at radius 1 is 1.20 bits per heavy atom. The third-order valence-electron chi connectivity index (χ3n) is 5.30. The molecule has 2 amide bonds. The number of benzene rings is 1. The summed E-state index contributed by atoms with van der Waals surface area (Å²) in [4.78, 5) is 19.5. The van der Waals surface area contributed by atoms with E-state index >= 15 is 0 Å². The van der Waals surface area contributed by atoms with Gasteiger partial charge in [0.15, 0.2) is 0 Å². The van der Waals surface area contributed by atoms with E-state index in [-0.39, 0.29) is 12.1 Å². The number of urea groups is 1. The molecule has 2 fully saturated rings. The number of ether oxygens (including phenoxy) is 1. The minimum atomic E-state index is -0.0146. The van der Waals surface area contributed by atoms with Gasteiger partial charge in [-0.05, 0) is 31.5 Å². The molecule has 0 saturated carbocycles. The van der Waals surface area contributed by atoms with Gasteiger partial charge in [-0.15, -0.1) is 0 Å². The number of likely N-dealkylation sites (tertiary alicyclic amines) is 1. The summed E-state index contributed by atoms with van der Waals surface area (Å²) < 4.78 is 5.26. The minimum absolute atomic E-state index is 0.0146. The molecule has 1 unspecified atom stereocenters. The maximum Gasteiger partial charge on any atom is 0.322 e. The number of anilines is 2. The molecule has 6 heteroatoms. The Balaban J connectivity index is 1.68. The van der Waals surface area contributed by atoms with Crippen LogP contribution in [0.2, 0.25) is 0 Å². The number of nitrogens with one attached hydrogen (secondary N) is 1. The second-order valence-electron chi connectivity index (χ2n) is 6.81. The summed E-state index contributed by atoms with van der Waals surface area (Å²) >= 11 is 0. The van der Waals surface area contributed by atoms with Gasteiger partial charge in [0.2, 0.25) is 0 Å². The van der Waals surface area contributed by atoms with E-state index in [9.17, 15) is 4.79 Å². The van der Waals surface area contributed by atoms with Crippen LogP contribution < -0.4 is 10.2 Å². The molecule has 25 heavy (non-hydrogen) atoms. The third-order valence-corrected chi connectivity index (χ3v) is 5.30. The highest BCUT2D eigenvalue weighted by Gasteiger charge is 2.29. The predicted molar refractivity (Wildman–Crippen MR) is 101 cm³/mol. The van der Waals surface area contributed by atoms with Crippen LogP contribution in [0.25, 0.3) is 0 Å². The molecule has 6 nitrogen and oxygen atoms in total. The van der Waals surface area contributed by atoms with Gasteiger partial charge in [0.1, 0.15) is 0 Å². The topological polar surface area (TPSA) is 48.0 Å². The molecule has 138 valence electrons. The highest BCUT2D eigenvalue weighted by molar-refractivity contribution is 5.93. The summed E-state index contributed by atoms with van der Waals surface area (Å²) in [5.41, 5.74) is 2.02. The number of methoxy groups -OCH3 is 1. The SMILES string of the molecule is CCN1CCN(c2ccccc2NC(=O)N2CCCC2COC)CC1. The van der Waals surface area contributed by atoms with E-state index in [0.29, 0.717) is 6.61 Å².